The highest BCUT2D eigenvalue weighted by Gasteiger charge is 2.36. The number of anilines is 2. The summed E-state index contributed by atoms with van der Waals surface area (Å²) in [5.74, 6) is 1.40. The highest BCUT2D eigenvalue weighted by atomic mass is 16.5. The van der Waals surface area contributed by atoms with Gasteiger partial charge in [0.25, 0.3) is 0 Å². The van der Waals surface area contributed by atoms with E-state index in [0.29, 0.717) is 18.6 Å². The van der Waals surface area contributed by atoms with Gasteiger partial charge in [-0.15, -0.1) is 0 Å². The Bertz CT molecular complexity index is 724. The number of nitrogens with two attached hydrogens (primary N) is 1. The van der Waals surface area contributed by atoms with Crippen LogP contribution in [0.1, 0.15) is 30.9 Å². The molecule has 0 radical (unpaired) electrons. The Labute approximate surface area is 141 Å². The Hall–Kier alpha value is -2.18. The summed E-state index contributed by atoms with van der Waals surface area (Å²) in [6, 6.07) is 10.5. The van der Waals surface area contributed by atoms with Crippen molar-refractivity contribution >= 4 is 17.2 Å². The molecule has 0 spiro atoms. The van der Waals surface area contributed by atoms with Gasteiger partial charge < -0.3 is 15.8 Å². The third kappa shape index (κ3) is 3.20. The van der Waals surface area contributed by atoms with E-state index in [-0.39, 0.29) is 6.73 Å². The van der Waals surface area contributed by atoms with Crippen molar-refractivity contribution in [2.24, 2.45) is 16.6 Å². The fourth-order valence-corrected chi connectivity index (χ4v) is 3.56. The van der Waals surface area contributed by atoms with Gasteiger partial charge in [-0.25, -0.2) is 0 Å². The van der Waals surface area contributed by atoms with Crippen LogP contribution in [0.5, 0.6) is 0 Å². The largest absolute Gasteiger partial charge is 0.362 e. The van der Waals surface area contributed by atoms with Crippen LogP contribution in [-0.4, -0.2) is 28.8 Å². The van der Waals surface area contributed by atoms with Crippen molar-refractivity contribution in [2.45, 2.75) is 31.9 Å². The number of aliphatic imine (C=N–C) groups is 1. The fourth-order valence-electron chi connectivity index (χ4n) is 3.56. The number of nitrogens with one attached hydrogen (secondary N) is 1. The first-order valence-corrected chi connectivity index (χ1v) is 8.56. The van der Waals surface area contributed by atoms with Crippen molar-refractivity contribution in [3.05, 3.63) is 42.1 Å². The normalized spacial score (nSPS) is 22.5. The lowest BCUT2D eigenvalue weighted by molar-refractivity contribution is 0.128. The molecule has 2 unspecified atom stereocenters. The lowest BCUT2D eigenvalue weighted by Gasteiger charge is -2.16. The van der Waals surface area contributed by atoms with Gasteiger partial charge in [-0.2, -0.15) is 5.10 Å². The van der Waals surface area contributed by atoms with E-state index in [9.17, 15) is 0 Å². The maximum atomic E-state index is 5.49. The molecule has 6 heteroatoms. The third-order valence-corrected chi connectivity index (χ3v) is 4.81. The molecule has 24 heavy (non-hydrogen) atoms. The first kappa shape index (κ1) is 15.4. The third-order valence-electron chi connectivity index (χ3n) is 4.81. The minimum absolute atomic E-state index is 0.207. The number of rotatable bonds is 7. The van der Waals surface area contributed by atoms with E-state index in [1.807, 2.05) is 30.3 Å². The molecule has 2 aliphatic rings. The zero-order valence-corrected chi connectivity index (χ0v) is 13.7. The molecule has 6 nitrogen and oxygen atoms in total. The van der Waals surface area contributed by atoms with Gasteiger partial charge in [-0.05, 0) is 25.0 Å². The number of aromatic nitrogens is 2. The van der Waals surface area contributed by atoms with Crippen molar-refractivity contribution in [3.63, 3.8) is 0 Å². The molecule has 0 bridgehead atoms. The molecule has 126 valence electrons. The molecule has 2 aromatic rings. The summed E-state index contributed by atoms with van der Waals surface area (Å²) < 4.78 is 7.53. The SMILES string of the molecule is NCOCc1cn(C2CCCC2C2=NC2)nc1Nc1ccccc1. The molecule has 1 aromatic heterocycles. The van der Waals surface area contributed by atoms with E-state index in [2.05, 4.69) is 21.2 Å². The zero-order chi connectivity index (χ0) is 16.4. The zero-order valence-electron chi connectivity index (χ0n) is 13.7. The van der Waals surface area contributed by atoms with Crippen molar-refractivity contribution in [3.8, 4) is 0 Å². The van der Waals surface area contributed by atoms with E-state index in [4.69, 9.17) is 15.6 Å². The molecule has 0 amide bonds. The molecule has 1 saturated carbocycles. The van der Waals surface area contributed by atoms with Gasteiger partial charge in [-0.1, -0.05) is 24.6 Å². The summed E-state index contributed by atoms with van der Waals surface area (Å²) in [6.07, 6.45) is 5.73. The molecule has 1 aliphatic carbocycles. The van der Waals surface area contributed by atoms with Crippen LogP contribution in [0.2, 0.25) is 0 Å². The predicted molar refractivity (Wildman–Crippen MR) is 94.5 cm³/mol. The van der Waals surface area contributed by atoms with Gasteiger partial charge >= 0.3 is 0 Å². The number of hydrogen-bond donors (Lipinski definition) is 2. The second-order valence-corrected chi connectivity index (χ2v) is 6.40. The summed E-state index contributed by atoms with van der Waals surface area (Å²) in [4.78, 5) is 4.43. The molecule has 1 fully saturated rings. The number of ether oxygens (including phenoxy) is 1. The maximum Gasteiger partial charge on any atom is 0.157 e. The summed E-state index contributed by atoms with van der Waals surface area (Å²) in [5.41, 5.74) is 8.91. The topological polar surface area (TPSA) is 77.5 Å². The van der Waals surface area contributed by atoms with Gasteiger partial charge in [0.1, 0.15) is 0 Å². The van der Waals surface area contributed by atoms with Crippen LogP contribution in [0.25, 0.3) is 0 Å². The molecule has 1 aliphatic heterocycles. The Morgan fingerprint density at radius 3 is 2.83 bits per heavy atom. The Balaban J connectivity index is 1.59. The lowest BCUT2D eigenvalue weighted by Crippen LogP contribution is -2.18. The van der Waals surface area contributed by atoms with Crippen LogP contribution in [0.4, 0.5) is 11.5 Å². The Morgan fingerprint density at radius 2 is 2.08 bits per heavy atom. The van der Waals surface area contributed by atoms with Crippen LogP contribution in [0, 0.1) is 5.92 Å². The fraction of sp³-hybridized carbons (Fsp3) is 0.444. The monoisotopic (exact) mass is 325 g/mol. The van der Waals surface area contributed by atoms with Crippen molar-refractivity contribution in [1.82, 2.24) is 9.78 Å². The van der Waals surface area contributed by atoms with Crippen molar-refractivity contribution in [2.75, 3.05) is 18.6 Å². The highest BCUT2D eigenvalue weighted by Crippen LogP contribution is 2.39. The first-order chi connectivity index (χ1) is 11.8. The smallest absolute Gasteiger partial charge is 0.157 e. The second-order valence-electron chi connectivity index (χ2n) is 6.40. The quantitative estimate of drug-likeness (QED) is 0.767. The van der Waals surface area contributed by atoms with Crippen LogP contribution in [0.3, 0.4) is 0 Å². The second kappa shape index (κ2) is 6.75. The predicted octanol–water partition coefficient (Wildman–Crippen LogP) is 2.86. The highest BCUT2D eigenvalue weighted by molar-refractivity contribution is 5.99. The van der Waals surface area contributed by atoms with E-state index in [1.54, 1.807) is 0 Å². The molecule has 0 saturated heterocycles. The number of hydrogen-bond acceptors (Lipinski definition) is 5. The van der Waals surface area contributed by atoms with E-state index >= 15 is 0 Å². The minimum atomic E-state index is 0.207. The molecular weight excluding hydrogens is 302 g/mol. The number of para-hydroxylation sites is 1. The average molecular weight is 325 g/mol. The molecule has 2 heterocycles. The summed E-state index contributed by atoms with van der Waals surface area (Å²) in [7, 11) is 0. The maximum absolute atomic E-state index is 5.49. The van der Waals surface area contributed by atoms with E-state index < -0.39 is 0 Å². The van der Waals surface area contributed by atoms with Gasteiger partial charge in [0, 0.05) is 29.1 Å². The molecule has 4 rings (SSSR count). The van der Waals surface area contributed by atoms with Crippen LogP contribution < -0.4 is 11.1 Å². The van der Waals surface area contributed by atoms with Crippen LogP contribution >= 0.6 is 0 Å². The lowest BCUT2D eigenvalue weighted by atomic mass is 10.0. The Morgan fingerprint density at radius 1 is 1.25 bits per heavy atom. The van der Waals surface area contributed by atoms with Crippen LogP contribution in [0.15, 0.2) is 41.5 Å². The summed E-state index contributed by atoms with van der Waals surface area (Å²) in [5, 5.41) is 8.23. The average Bonchev–Trinajstić information content (AvgIpc) is 3.20. The Kier molecular flexibility index (Phi) is 4.32. The van der Waals surface area contributed by atoms with Gasteiger partial charge in [-0.3, -0.25) is 9.67 Å². The standard InChI is InChI=1S/C18H23N5O/c19-12-24-11-13-10-23(17-8-4-7-15(17)16-9-20-16)22-18(13)21-14-5-2-1-3-6-14/h1-3,5-6,10,15,17H,4,7-9,11-12,19H2,(H,21,22). The number of benzene rings is 1. The van der Waals surface area contributed by atoms with Crippen molar-refractivity contribution < 1.29 is 4.74 Å². The summed E-state index contributed by atoms with van der Waals surface area (Å²) in [6.45, 7) is 1.61. The van der Waals surface area contributed by atoms with Crippen molar-refractivity contribution in [1.29, 1.82) is 0 Å². The molecule has 1 aromatic carbocycles. The van der Waals surface area contributed by atoms with Gasteiger partial charge in [0.05, 0.1) is 25.9 Å². The summed E-state index contributed by atoms with van der Waals surface area (Å²) >= 11 is 0. The number of nitrogens with zero attached hydrogens (tertiary/aromatic N) is 3. The molecule has 3 N–H and O–H groups in total. The van der Waals surface area contributed by atoms with E-state index in [1.165, 1.54) is 18.6 Å². The first-order valence-electron chi connectivity index (χ1n) is 8.56. The van der Waals surface area contributed by atoms with Gasteiger partial charge in [0.2, 0.25) is 0 Å². The van der Waals surface area contributed by atoms with Crippen LogP contribution in [-0.2, 0) is 11.3 Å². The van der Waals surface area contributed by atoms with E-state index in [0.717, 1.165) is 30.0 Å². The molecule has 2 atom stereocenters. The molecular formula is C18H23N5O. The minimum Gasteiger partial charge on any atom is -0.362 e. The van der Waals surface area contributed by atoms with Gasteiger partial charge in [0.15, 0.2) is 5.82 Å².